The highest BCUT2D eigenvalue weighted by Gasteiger charge is 2.30. The van der Waals surface area contributed by atoms with E-state index in [0.717, 1.165) is 16.9 Å². The number of hydrogen-bond donors (Lipinski definition) is 1. The van der Waals surface area contributed by atoms with Crippen molar-refractivity contribution in [3.8, 4) is 28.5 Å². The van der Waals surface area contributed by atoms with Crippen LogP contribution in [-0.4, -0.2) is 30.2 Å². The molecule has 6 nitrogen and oxygen atoms in total. The lowest BCUT2D eigenvalue weighted by Gasteiger charge is -2.25. The predicted molar refractivity (Wildman–Crippen MR) is 117 cm³/mol. The van der Waals surface area contributed by atoms with Crippen LogP contribution in [0.5, 0.6) is 17.4 Å². The number of methoxy groups -OCH3 is 1. The van der Waals surface area contributed by atoms with Crippen LogP contribution in [0.4, 0.5) is 5.69 Å². The third-order valence-electron chi connectivity index (χ3n) is 4.48. The Kier molecular flexibility index (Phi) is 6.57. The summed E-state index contributed by atoms with van der Waals surface area (Å²) in [5.41, 5.74) is 1.61. The molecule has 2 aromatic carbocycles. The van der Waals surface area contributed by atoms with Gasteiger partial charge >= 0.3 is 0 Å². The first-order valence-electron chi connectivity index (χ1n) is 9.75. The first-order chi connectivity index (χ1) is 14.4. The molecule has 0 aliphatic carbocycles. The van der Waals surface area contributed by atoms with E-state index in [0.29, 0.717) is 23.9 Å². The summed E-state index contributed by atoms with van der Waals surface area (Å²) in [6.45, 7) is 5.96. The molecule has 3 aromatic rings. The van der Waals surface area contributed by atoms with Gasteiger partial charge in [0, 0.05) is 23.5 Å². The van der Waals surface area contributed by atoms with E-state index in [-0.39, 0.29) is 5.91 Å². The average Bonchev–Trinajstić information content (AvgIpc) is 2.75. The molecule has 0 radical (unpaired) electrons. The highest BCUT2D eigenvalue weighted by Crippen LogP contribution is 2.25. The summed E-state index contributed by atoms with van der Waals surface area (Å²) in [7, 11) is 1.60. The van der Waals surface area contributed by atoms with Gasteiger partial charge in [0.05, 0.1) is 13.7 Å². The third-order valence-corrected chi connectivity index (χ3v) is 4.48. The van der Waals surface area contributed by atoms with Crippen molar-refractivity contribution < 1.29 is 19.0 Å². The van der Waals surface area contributed by atoms with Crippen LogP contribution in [0.25, 0.3) is 11.1 Å². The highest BCUT2D eigenvalue weighted by atomic mass is 16.5. The maximum atomic E-state index is 12.7. The number of nitrogens with one attached hydrogen (secondary N) is 1. The second-order valence-electron chi connectivity index (χ2n) is 7.14. The Morgan fingerprint density at radius 2 is 1.57 bits per heavy atom. The van der Waals surface area contributed by atoms with E-state index in [1.54, 1.807) is 51.4 Å². The Bertz CT molecular complexity index is 966. The number of anilines is 1. The summed E-state index contributed by atoms with van der Waals surface area (Å²) in [4.78, 5) is 17.0. The maximum absolute atomic E-state index is 12.7. The number of ether oxygens (including phenoxy) is 3. The van der Waals surface area contributed by atoms with E-state index in [2.05, 4.69) is 10.3 Å². The fraction of sp³-hybridized carbons (Fsp3) is 0.250. The van der Waals surface area contributed by atoms with E-state index in [1.165, 1.54) is 0 Å². The molecule has 1 amide bonds. The molecule has 1 aromatic heterocycles. The van der Waals surface area contributed by atoms with Crippen molar-refractivity contribution in [3.63, 3.8) is 0 Å². The van der Waals surface area contributed by atoms with Crippen LogP contribution in [0, 0.1) is 0 Å². The number of nitrogens with zero attached hydrogens (tertiary/aromatic N) is 1. The lowest BCUT2D eigenvalue weighted by Crippen LogP contribution is -2.42. The van der Waals surface area contributed by atoms with Crippen molar-refractivity contribution in [2.75, 3.05) is 19.0 Å². The Labute approximate surface area is 176 Å². The molecule has 0 spiro atoms. The summed E-state index contributed by atoms with van der Waals surface area (Å²) in [5.74, 6) is 1.68. The number of carbonyl (C=O) groups is 1. The Morgan fingerprint density at radius 1 is 0.933 bits per heavy atom. The Balaban J connectivity index is 1.63. The second-order valence-corrected chi connectivity index (χ2v) is 7.14. The van der Waals surface area contributed by atoms with Crippen LogP contribution < -0.4 is 19.5 Å². The van der Waals surface area contributed by atoms with Crippen molar-refractivity contribution in [2.45, 2.75) is 26.4 Å². The Morgan fingerprint density at radius 3 is 2.13 bits per heavy atom. The standard InChI is InChI=1S/C24H26N2O4/c1-5-29-22-15-8-18(16-25-22)17-6-9-19(10-7-17)26-23(27)24(2,3)30-21-13-11-20(28-4)12-14-21/h6-16H,5H2,1-4H3,(H,26,27). The fourth-order valence-corrected chi connectivity index (χ4v) is 2.80. The van der Waals surface area contributed by atoms with E-state index >= 15 is 0 Å². The molecule has 6 heteroatoms. The van der Waals surface area contributed by atoms with E-state index in [9.17, 15) is 4.79 Å². The van der Waals surface area contributed by atoms with Gasteiger partial charge in [-0.15, -0.1) is 0 Å². The van der Waals surface area contributed by atoms with Gasteiger partial charge in [-0.2, -0.15) is 0 Å². The normalized spacial score (nSPS) is 10.9. The molecule has 1 heterocycles. The summed E-state index contributed by atoms with van der Waals surface area (Å²) in [6, 6.07) is 18.5. The molecule has 0 saturated carbocycles. The minimum atomic E-state index is -1.05. The number of amides is 1. The molecular weight excluding hydrogens is 380 g/mol. The van der Waals surface area contributed by atoms with E-state index in [4.69, 9.17) is 14.2 Å². The number of aromatic nitrogens is 1. The van der Waals surface area contributed by atoms with Crippen molar-refractivity contribution in [3.05, 3.63) is 66.9 Å². The zero-order valence-electron chi connectivity index (χ0n) is 17.6. The summed E-state index contributed by atoms with van der Waals surface area (Å²) < 4.78 is 16.4. The molecule has 30 heavy (non-hydrogen) atoms. The molecule has 0 saturated heterocycles. The SMILES string of the molecule is CCOc1ccc(-c2ccc(NC(=O)C(C)(C)Oc3ccc(OC)cc3)cc2)cn1. The van der Waals surface area contributed by atoms with Crippen LogP contribution in [0.15, 0.2) is 66.9 Å². The van der Waals surface area contributed by atoms with Gasteiger partial charge in [0.25, 0.3) is 5.91 Å². The zero-order chi connectivity index (χ0) is 21.6. The van der Waals surface area contributed by atoms with Crippen LogP contribution in [0.1, 0.15) is 20.8 Å². The Hall–Kier alpha value is -3.54. The number of benzene rings is 2. The summed E-state index contributed by atoms with van der Waals surface area (Å²) >= 11 is 0. The molecule has 0 bridgehead atoms. The number of pyridine rings is 1. The van der Waals surface area contributed by atoms with Gasteiger partial charge in [0.2, 0.25) is 5.88 Å². The first kappa shape index (κ1) is 21.2. The first-order valence-corrected chi connectivity index (χ1v) is 9.75. The minimum Gasteiger partial charge on any atom is -0.497 e. The lowest BCUT2D eigenvalue weighted by atomic mass is 10.1. The van der Waals surface area contributed by atoms with Crippen LogP contribution in [0.3, 0.4) is 0 Å². The van der Waals surface area contributed by atoms with Gasteiger partial charge in [-0.1, -0.05) is 12.1 Å². The van der Waals surface area contributed by atoms with Gasteiger partial charge in [0.15, 0.2) is 5.60 Å². The molecule has 1 N–H and O–H groups in total. The predicted octanol–water partition coefficient (Wildman–Crippen LogP) is 4.95. The molecule has 0 atom stereocenters. The number of rotatable bonds is 8. The van der Waals surface area contributed by atoms with Crippen LogP contribution >= 0.6 is 0 Å². The smallest absolute Gasteiger partial charge is 0.267 e. The third kappa shape index (κ3) is 5.29. The molecule has 0 aliphatic rings. The molecule has 0 aliphatic heterocycles. The van der Waals surface area contributed by atoms with Gasteiger partial charge in [-0.05, 0) is 68.8 Å². The van der Waals surface area contributed by atoms with Crippen LogP contribution in [-0.2, 0) is 4.79 Å². The topological polar surface area (TPSA) is 69.7 Å². The quantitative estimate of drug-likeness (QED) is 0.573. The highest BCUT2D eigenvalue weighted by molar-refractivity contribution is 5.97. The summed E-state index contributed by atoms with van der Waals surface area (Å²) in [5, 5.41) is 2.91. The van der Waals surface area contributed by atoms with E-state index in [1.807, 2.05) is 43.3 Å². The monoisotopic (exact) mass is 406 g/mol. The van der Waals surface area contributed by atoms with Crippen molar-refractivity contribution in [1.82, 2.24) is 4.98 Å². The lowest BCUT2D eigenvalue weighted by molar-refractivity contribution is -0.128. The maximum Gasteiger partial charge on any atom is 0.267 e. The largest absolute Gasteiger partial charge is 0.497 e. The minimum absolute atomic E-state index is 0.242. The molecule has 0 unspecified atom stereocenters. The molecule has 0 fully saturated rings. The van der Waals surface area contributed by atoms with Gasteiger partial charge < -0.3 is 19.5 Å². The van der Waals surface area contributed by atoms with Gasteiger partial charge in [0.1, 0.15) is 11.5 Å². The van der Waals surface area contributed by atoms with E-state index < -0.39 is 5.60 Å². The second kappa shape index (κ2) is 9.31. The van der Waals surface area contributed by atoms with Crippen molar-refractivity contribution in [2.24, 2.45) is 0 Å². The average molecular weight is 406 g/mol. The molecule has 3 rings (SSSR count). The van der Waals surface area contributed by atoms with Crippen molar-refractivity contribution >= 4 is 11.6 Å². The van der Waals surface area contributed by atoms with Crippen LogP contribution in [0.2, 0.25) is 0 Å². The van der Waals surface area contributed by atoms with Gasteiger partial charge in [-0.3, -0.25) is 4.79 Å². The molecular formula is C24H26N2O4. The number of hydrogen-bond acceptors (Lipinski definition) is 5. The van der Waals surface area contributed by atoms with Gasteiger partial charge in [-0.25, -0.2) is 4.98 Å². The van der Waals surface area contributed by atoms with Crippen molar-refractivity contribution in [1.29, 1.82) is 0 Å². The fourth-order valence-electron chi connectivity index (χ4n) is 2.80. The zero-order valence-corrected chi connectivity index (χ0v) is 17.6. The molecule has 156 valence electrons. The number of carbonyl (C=O) groups excluding carboxylic acids is 1. The summed E-state index contributed by atoms with van der Waals surface area (Å²) in [6.07, 6.45) is 1.77.